The molecule has 0 aliphatic heterocycles. The standard InChI is InChI=1S/C21H17N3O3S/c1-26-17-8-3-7-16(12-17)23-21-24-18(13-28-21)14-5-2-6-15(11-14)22-20(25)19-9-4-10-27-19/h2-13H,1H3,(H,22,25)(H,23,24). The average Bonchev–Trinajstić information content (AvgIpc) is 3.41. The smallest absolute Gasteiger partial charge is 0.291 e. The number of aromatic nitrogens is 1. The van der Waals surface area contributed by atoms with E-state index in [1.807, 2.05) is 53.9 Å². The van der Waals surface area contributed by atoms with Crippen LogP contribution >= 0.6 is 11.3 Å². The molecular formula is C21H17N3O3S. The molecule has 0 aliphatic carbocycles. The highest BCUT2D eigenvalue weighted by Crippen LogP contribution is 2.29. The van der Waals surface area contributed by atoms with Crippen LogP contribution in [-0.4, -0.2) is 18.0 Å². The van der Waals surface area contributed by atoms with E-state index in [1.54, 1.807) is 19.2 Å². The number of nitrogens with one attached hydrogen (secondary N) is 2. The number of hydrogen-bond acceptors (Lipinski definition) is 6. The van der Waals surface area contributed by atoms with Gasteiger partial charge in [-0.3, -0.25) is 4.79 Å². The SMILES string of the molecule is COc1cccc(Nc2nc(-c3cccc(NC(=O)c4ccco4)c3)cs2)c1. The van der Waals surface area contributed by atoms with Gasteiger partial charge in [-0.15, -0.1) is 11.3 Å². The van der Waals surface area contributed by atoms with Gasteiger partial charge in [-0.1, -0.05) is 18.2 Å². The fraction of sp³-hybridized carbons (Fsp3) is 0.0476. The van der Waals surface area contributed by atoms with E-state index in [0.29, 0.717) is 5.69 Å². The Morgan fingerprint density at radius 3 is 2.75 bits per heavy atom. The lowest BCUT2D eigenvalue weighted by atomic mass is 10.1. The van der Waals surface area contributed by atoms with Crippen LogP contribution in [0.15, 0.2) is 76.7 Å². The summed E-state index contributed by atoms with van der Waals surface area (Å²) in [4.78, 5) is 16.8. The van der Waals surface area contributed by atoms with E-state index in [0.717, 1.165) is 27.8 Å². The van der Waals surface area contributed by atoms with E-state index in [9.17, 15) is 4.79 Å². The summed E-state index contributed by atoms with van der Waals surface area (Å²) < 4.78 is 10.4. The molecule has 2 aromatic carbocycles. The van der Waals surface area contributed by atoms with Gasteiger partial charge in [0.2, 0.25) is 0 Å². The van der Waals surface area contributed by atoms with Crippen molar-refractivity contribution in [1.29, 1.82) is 0 Å². The normalized spacial score (nSPS) is 10.5. The number of hydrogen-bond donors (Lipinski definition) is 2. The molecule has 2 heterocycles. The molecule has 0 aliphatic rings. The molecule has 6 nitrogen and oxygen atoms in total. The maximum absolute atomic E-state index is 12.1. The lowest BCUT2D eigenvalue weighted by Crippen LogP contribution is -2.10. The molecule has 2 N–H and O–H groups in total. The van der Waals surface area contributed by atoms with Gasteiger partial charge in [0.1, 0.15) is 5.75 Å². The van der Waals surface area contributed by atoms with E-state index in [-0.39, 0.29) is 11.7 Å². The maximum atomic E-state index is 12.1. The minimum absolute atomic E-state index is 0.267. The second kappa shape index (κ2) is 7.98. The monoisotopic (exact) mass is 391 g/mol. The van der Waals surface area contributed by atoms with Gasteiger partial charge >= 0.3 is 0 Å². The Bertz CT molecular complexity index is 1090. The molecular weight excluding hydrogens is 374 g/mol. The van der Waals surface area contributed by atoms with Gasteiger partial charge in [0.25, 0.3) is 5.91 Å². The third kappa shape index (κ3) is 4.05. The third-order valence-electron chi connectivity index (χ3n) is 3.99. The molecule has 0 saturated carbocycles. The first kappa shape index (κ1) is 17.8. The molecule has 0 atom stereocenters. The number of ether oxygens (including phenoxy) is 1. The van der Waals surface area contributed by atoms with Gasteiger partial charge in [-0.05, 0) is 36.4 Å². The van der Waals surface area contributed by atoms with Gasteiger partial charge in [-0.2, -0.15) is 0 Å². The summed E-state index contributed by atoms with van der Waals surface area (Å²) in [6, 6.07) is 18.5. The summed E-state index contributed by atoms with van der Waals surface area (Å²) in [5.74, 6) is 0.756. The first-order valence-electron chi connectivity index (χ1n) is 8.53. The number of methoxy groups -OCH3 is 1. The minimum atomic E-state index is -0.291. The highest BCUT2D eigenvalue weighted by molar-refractivity contribution is 7.14. The largest absolute Gasteiger partial charge is 0.497 e. The molecule has 0 unspecified atom stereocenters. The molecule has 0 spiro atoms. The van der Waals surface area contributed by atoms with Crippen molar-refractivity contribution < 1.29 is 13.9 Å². The third-order valence-corrected chi connectivity index (χ3v) is 4.74. The molecule has 0 radical (unpaired) electrons. The number of anilines is 3. The van der Waals surface area contributed by atoms with Gasteiger partial charge in [0, 0.05) is 28.4 Å². The Kier molecular flexibility index (Phi) is 5.07. The molecule has 4 aromatic rings. The van der Waals surface area contributed by atoms with E-state index in [2.05, 4.69) is 15.6 Å². The summed E-state index contributed by atoms with van der Waals surface area (Å²) in [7, 11) is 1.64. The lowest BCUT2D eigenvalue weighted by molar-refractivity contribution is 0.0996. The number of carbonyl (C=O) groups excluding carboxylic acids is 1. The Morgan fingerprint density at radius 2 is 1.93 bits per heavy atom. The fourth-order valence-electron chi connectivity index (χ4n) is 2.64. The molecule has 4 rings (SSSR count). The Labute approximate surface area is 165 Å². The molecule has 0 bridgehead atoms. The van der Waals surface area contributed by atoms with Crippen LogP contribution in [0.1, 0.15) is 10.6 Å². The quantitative estimate of drug-likeness (QED) is 0.460. The maximum Gasteiger partial charge on any atom is 0.291 e. The van der Waals surface area contributed by atoms with Gasteiger partial charge in [0.05, 0.1) is 19.1 Å². The van der Waals surface area contributed by atoms with Crippen LogP contribution in [0.2, 0.25) is 0 Å². The number of carbonyl (C=O) groups is 1. The van der Waals surface area contributed by atoms with Crippen LogP contribution in [0.5, 0.6) is 5.75 Å². The van der Waals surface area contributed by atoms with Crippen molar-refractivity contribution in [3.05, 3.63) is 78.1 Å². The van der Waals surface area contributed by atoms with Gasteiger partial charge in [0.15, 0.2) is 10.9 Å². The van der Waals surface area contributed by atoms with E-state index >= 15 is 0 Å². The van der Waals surface area contributed by atoms with E-state index in [1.165, 1.54) is 17.6 Å². The number of thiazole rings is 1. The molecule has 0 saturated heterocycles. The zero-order valence-corrected chi connectivity index (χ0v) is 15.8. The Balaban J connectivity index is 1.49. The minimum Gasteiger partial charge on any atom is -0.497 e. The highest BCUT2D eigenvalue weighted by atomic mass is 32.1. The van der Waals surface area contributed by atoms with Crippen LogP contribution in [0.25, 0.3) is 11.3 Å². The molecule has 2 aromatic heterocycles. The summed E-state index contributed by atoms with van der Waals surface area (Å²) in [6.07, 6.45) is 1.47. The highest BCUT2D eigenvalue weighted by Gasteiger charge is 2.10. The summed E-state index contributed by atoms with van der Waals surface area (Å²) in [6.45, 7) is 0. The molecule has 7 heteroatoms. The topological polar surface area (TPSA) is 76.4 Å². The second-order valence-corrected chi connectivity index (χ2v) is 6.77. The van der Waals surface area contributed by atoms with Gasteiger partial charge < -0.3 is 19.8 Å². The first-order valence-corrected chi connectivity index (χ1v) is 9.41. The van der Waals surface area contributed by atoms with Crippen molar-refractivity contribution in [2.24, 2.45) is 0 Å². The Hall–Kier alpha value is -3.58. The predicted octanol–water partition coefficient (Wildman–Crippen LogP) is 5.41. The van der Waals surface area contributed by atoms with Crippen LogP contribution in [0, 0.1) is 0 Å². The lowest BCUT2D eigenvalue weighted by Gasteiger charge is -2.06. The molecule has 0 fully saturated rings. The number of amides is 1. The zero-order valence-electron chi connectivity index (χ0n) is 15.0. The summed E-state index contributed by atoms with van der Waals surface area (Å²) in [5.41, 5.74) is 3.31. The van der Waals surface area contributed by atoms with Crippen molar-refractivity contribution in [1.82, 2.24) is 4.98 Å². The molecule has 140 valence electrons. The summed E-state index contributed by atoms with van der Waals surface area (Å²) >= 11 is 1.51. The average molecular weight is 391 g/mol. The number of furan rings is 1. The molecule has 1 amide bonds. The van der Waals surface area contributed by atoms with Crippen molar-refractivity contribution in [2.45, 2.75) is 0 Å². The fourth-order valence-corrected chi connectivity index (χ4v) is 3.38. The van der Waals surface area contributed by atoms with Crippen LogP contribution in [-0.2, 0) is 0 Å². The zero-order chi connectivity index (χ0) is 19.3. The predicted molar refractivity (Wildman–Crippen MR) is 110 cm³/mol. The molecule has 28 heavy (non-hydrogen) atoms. The first-order chi connectivity index (χ1) is 13.7. The summed E-state index contributed by atoms with van der Waals surface area (Å²) in [5, 5.41) is 8.85. The van der Waals surface area contributed by atoms with Crippen LogP contribution < -0.4 is 15.4 Å². The number of rotatable bonds is 6. The van der Waals surface area contributed by atoms with Crippen molar-refractivity contribution in [2.75, 3.05) is 17.7 Å². The second-order valence-electron chi connectivity index (χ2n) is 5.91. The van der Waals surface area contributed by atoms with Crippen molar-refractivity contribution >= 4 is 33.8 Å². The Morgan fingerprint density at radius 1 is 1.07 bits per heavy atom. The van der Waals surface area contributed by atoms with Gasteiger partial charge in [-0.25, -0.2) is 4.98 Å². The van der Waals surface area contributed by atoms with Crippen LogP contribution in [0.3, 0.4) is 0 Å². The van der Waals surface area contributed by atoms with E-state index < -0.39 is 0 Å². The van der Waals surface area contributed by atoms with Crippen molar-refractivity contribution in [3.63, 3.8) is 0 Å². The van der Waals surface area contributed by atoms with Crippen molar-refractivity contribution in [3.8, 4) is 17.0 Å². The number of nitrogens with zero attached hydrogens (tertiary/aromatic N) is 1. The van der Waals surface area contributed by atoms with Crippen LogP contribution in [0.4, 0.5) is 16.5 Å². The number of benzene rings is 2. The van der Waals surface area contributed by atoms with E-state index in [4.69, 9.17) is 9.15 Å².